The molecule has 2 aromatic rings. The molecule has 2 aromatic carbocycles. The fourth-order valence-corrected chi connectivity index (χ4v) is 3.24. The molecule has 0 aromatic heterocycles. The monoisotopic (exact) mass is 318 g/mol. The molecule has 0 aliphatic heterocycles. The normalized spacial score (nSPS) is 15.2. The van der Waals surface area contributed by atoms with E-state index in [2.05, 4.69) is 75.6 Å². The summed E-state index contributed by atoms with van der Waals surface area (Å²) < 4.78 is 0. The van der Waals surface area contributed by atoms with Crippen molar-refractivity contribution in [2.45, 2.75) is 54.4 Å². The van der Waals surface area contributed by atoms with E-state index in [0.717, 1.165) is 12.8 Å². The van der Waals surface area contributed by atoms with Gasteiger partial charge >= 0.3 is 0 Å². The molecular formula is C24H30. The highest BCUT2D eigenvalue weighted by Gasteiger charge is 2.19. The molecule has 0 nitrogen and oxygen atoms in total. The van der Waals surface area contributed by atoms with Gasteiger partial charge in [0.1, 0.15) is 0 Å². The van der Waals surface area contributed by atoms with Crippen LogP contribution < -0.4 is 0 Å². The number of terminal acetylenes is 1. The average Bonchev–Trinajstić information content (AvgIpc) is 2.61. The molecule has 0 heteroatoms. The van der Waals surface area contributed by atoms with Gasteiger partial charge in [-0.15, -0.1) is 12.3 Å². The van der Waals surface area contributed by atoms with Crippen molar-refractivity contribution in [3.63, 3.8) is 0 Å². The summed E-state index contributed by atoms with van der Waals surface area (Å²) in [5.74, 6) is 2.25. The maximum absolute atomic E-state index is 4.60. The van der Waals surface area contributed by atoms with Crippen LogP contribution in [0.5, 0.6) is 0 Å². The lowest BCUT2D eigenvalue weighted by molar-refractivity contribution is 1.13. The lowest BCUT2D eigenvalue weighted by Crippen LogP contribution is -2.05. The van der Waals surface area contributed by atoms with E-state index in [1.165, 1.54) is 38.6 Å². The Kier molecular flexibility index (Phi) is 8.07. The van der Waals surface area contributed by atoms with Crippen molar-refractivity contribution in [3.8, 4) is 12.3 Å². The Bertz CT molecular complexity index is 780. The van der Waals surface area contributed by atoms with Crippen LogP contribution in [0.2, 0.25) is 0 Å². The highest BCUT2D eigenvalue weighted by molar-refractivity contribution is 6.03. The summed E-state index contributed by atoms with van der Waals surface area (Å²) >= 11 is 0. The van der Waals surface area contributed by atoms with E-state index in [-0.39, 0.29) is 0 Å². The minimum Gasteiger partial charge on any atom is -0.120 e. The van der Waals surface area contributed by atoms with Gasteiger partial charge in [0, 0.05) is 0 Å². The molecule has 24 heavy (non-hydrogen) atoms. The first kappa shape index (κ1) is 19.8. The molecule has 0 saturated heterocycles. The average molecular weight is 319 g/mol. The van der Waals surface area contributed by atoms with Crippen LogP contribution in [0.4, 0.5) is 0 Å². The fourth-order valence-electron chi connectivity index (χ4n) is 3.24. The topological polar surface area (TPSA) is 0 Å². The first-order valence-corrected chi connectivity index (χ1v) is 8.92. The molecule has 0 heterocycles. The van der Waals surface area contributed by atoms with Crippen molar-refractivity contribution in [2.24, 2.45) is 0 Å². The first-order valence-electron chi connectivity index (χ1n) is 8.92. The van der Waals surface area contributed by atoms with Crippen LogP contribution in [0, 0.1) is 19.3 Å². The van der Waals surface area contributed by atoms with Gasteiger partial charge in [-0.3, -0.25) is 0 Å². The Morgan fingerprint density at radius 1 is 1.17 bits per heavy atom. The number of benzene rings is 2. The summed E-state index contributed by atoms with van der Waals surface area (Å²) in [5.41, 5.74) is 7.16. The van der Waals surface area contributed by atoms with Gasteiger partial charge in [0.2, 0.25) is 0 Å². The Morgan fingerprint density at radius 3 is 2.42 bits per heavy atom. The Hall–Kier alpha value is -2.26. The smallest absolute Gasteiger partial charge is 0.00165 e. The second-order valence-corrected chi connectivity index (χ2v) is 5.58. The van der Waals surface area contributed by atoms with Gasteiger partial charge in [-0.2, -0.15) is 0 Å². The van der Waals surface area contributed by atoms with Crippen LogP contribution in [0.3, 0.4) is 0 Å². The van der Waals surface area contributed by atoms with Crippen LogP contribution in [0.1, 0.15) is 57.7 Å². The van der Waals surface area contributed by atoms with Crippen LogP contribution >= 0.6 is 0 Å². The Labute approximate surface area is 148 Å². The number of allylic oxidation sites excluding steroid dienone is 4. The molecular weight excluding hydrogens is 288 g/mol. The van der Waals surface area contributed by atoms with E-state index in [1.54, 1.807) is 6.92 Å². The predicted octanol–water partition coefficient (Wildman–Crippen LogP) is 7.11. The van der Waals surface area contributed by atoms with E-state index in [0.29, 0.717) is 0 Å². The van der Waals surface area contributed by atoms with Gasteiger partial charge in [0.15, 0.2) is 0 Å². The van der Waals surface area contributed by atoms with Crippen molar-refractivity contribution in [2.75, 3.05) is 0 Å². The zero-order chi connectivity index (χ0) is 18.1. The zero-order valence-electron chi connectivity index (χ0n) is 16.0. The molecule has 126 valence electrons. The molecule has 0 radical (unpaired) electrons. The van der Waals surface area contributed by atoms with Gasteiger partial charge in [0.05, 0.1) is 0 Å². The standard InChI is InChI=1S/C19H20.C3H4.C2H6/c1-4-7-14-12-15-11-10-13(3)17-8-6-9-18(19(15)17)16(14)5-2;1-3-2;1-2/h5-11H,4,12H2,1-3H3;1H,2H3;1-2H3/b14-7-,16-5+;;. The van der Waals surface area contributed by atoms with E-state index < -0.39 is 0 Å². The second-order valence-electron chi connectivity index (χ2n) is 5.58. The number of aryl methyl sites for hydroxylation is 1. The number of hydrogen-bond donors (Lipinski definition) is 0. The third-order valence-electron chi connectivity index (χ3n) is 4.10. The maximum atomic E-state index is 4.60. The summed E-state index contributed by atoms with van der Waals surface area (Å²) in [6.07, 6.45) is 11.4. The van der Waals surface area contributed by atoms with Crippen molar-refractivity contribution < 1.29 is 0 Å². The third-order valence-corrected chi connectivity index (χ3v) is 4.10. The molecule has 0 atom stereocenters. The molecule has 0 bridgehead atoms. The molecule has 0 saturated carbocycles. The van der Waals surface area contributed by atoms with Crippen molar-refractivity contribution in [1.29, 1.82) is 0 Å². The van der Waals surface area contributed by atoms with Gasteiger partial charge < -0.3 is 0 Å². The lowest BCUT2D eigenvalue weighted by Gasteiger charge is -2.24. The molecule has 3 rings (SSSR count). The van der Waals surface area contributed by atoms with E-state index >= 15 is 0 Å². The maximum Gasteiger partial charge on any atom is -0.00165 e. The Morgan fingerprint density at radius 2 is 1.83 bits per heavy atom. The van der Waals surface area contributed by atoms with Crippen LogP contribution in [0.25, 0.3) is 16.3 Å². The molecule has 0 spiro atoms. The summed E-state index contributed by atoms with van der Waals surface area (Å²) in [7, 11) is 0. The molecule has 0 unspecified atom stereocenters. The Balaban J connectivity index is 0.000000521. The molecule has 1 aliphatic carbocycles. The molecule has 1 aliphatic rings. The van der Waals surface area contributed by atoms with E-state index in [1.807, 2.05) is 13.8 Å². The third kappa shape index (κ3) is 3.98. The van der Waals surface area contributed by atoms with Crippen LogP contribution in [-0.4, -0.2) is 0 Å². The van der Waals surface area contributed by atoms with Crippen molar-refractivity contribution in [3.05, 3.63) is 64.7 Å². The van der Waals surface area contributed by atoms with Crippen LogP contribution in [-0.2, 0) is 6.42 Å². The molecule has 0 amide bonds. The van der Waals surface area contributed by atoms with Gasteiger partial charge in [0.25, 0.3) is 0 Å². The minimum atomic E-state index is 1.07. The largest absolute Gasteiger partial charge is 0.120 e. The number of rotatable bonds is 1. The van der Waals surface area contributed by atoms with E-state index in [9.17, 15) is 0 Å². The fraction of sp³-hybridized carbons (Fsp3) is 0.333. The van der Waals surface area contributed by atoms with Gasteiger partial charge in [-0.25, -0.2) is 0 Å². The quantitative estimate of drug-likeness (QED) is 0.491. The summed E-state index contributed by atoms with van der Waals surface area (Å²) in [4.78, 5) is 0. The van der Waals surface area contributed by atoms with E-state index in [4.69, 9.17) is 0 Å². The highest BCUT2D eigenvalue weighted by atomic mass is 14.2. The van der Waals surface area contributed by atoms with Crippen molar-refractivity contribution >= 4 is 16.3 Å². The second kappa shape index (κ2) is 9.78. The van der Waals surface area contributed by atoms with Gasteiger partial charge in [-0.1, -0.05) is 63.3 Å². The summed E-state index contributed by atoms with van der Waals surface area (Å²) in [6.45, 7) is 12.2. The molecule has 0 fully saturated rings. The molecule has 0 N–H and O–H groups in total. The minimum absolute atomic E-state index is 1.07. The predicted molar refractivity (Wildman–Crippen MR) is 110 cm³/mol. The van der Waals surface area contributed by atoms with Crippen LogP contribution in [0.15, 0.2) is 48.1 Å². The summed E-state index contributed by atoms with van der Waals surface area (Å²) in [6, 6.07) is 11.3. The lowest BCUT2D eigenvalue weighted by atomic mass is 9.80. The van der Waals surface area contributed by atoms with Crippen molar-refractivity contribution in [1.82, 2.24) is 0 Å². The summed E-state index contributed by atoms with van der Waals surface area (Å²) in [5, 5.41) is 2.87. The zero-order valence-corrected chi connectivity index (χ0v) is 16.0. The highest BCUT2D eigenvalue weighted by Crippen LogP contribution is 2.40. The first-order chi connectivity index (χ1) is 11.7. The SMILES string of the molecule is C#CC.C/C=C1\C(=C/CC)Cc2ccc(C)c3cccc1c23.CC. The van der Waals surface area contributed by atoms with Gasteiger partial charge in [-0.05, 0) is 72.2 Å². The number of hydrogen-bond acceptors (Lipinski definition) is 0.